The Kier molecular flexibility index (Phi) is 4.92. The van der Waals surface area contributed by atoms with Crippen molar-refractivity contribution in [1.29, 1.82) is 0 Å². The van der Waals surface area contributed by atoms with Crippen molar-refractivity contribution < 1.29 is 9.47 Å². The first-order valence-corrected chi connectivity index (χ1v) is 7.11. The van der Waals surface area contributed by atoms with Gasteiger partial charge >= 0.3 is 0 Å². The zero-order valence-corrected chi connectivity index (χ0v) is 12.2. The van der Waals surface area contributed by atoms with Gasteiger partial charge in [0.15, 0.2) is 0 Å². The van der Waals surface area contributed by atoms with Gasteiger partial charge < -0.3 is 9.47 Å². The van der Waals surface area contributed by atoms with Crippen LogP contribution in [0.25, 0.3) is 10.8 Å². The Morgan fingerprint density at radius 3 is 2.37 bits per heavy atom. The molecule has 0 atom stereocenters. The fourth-order valence-corrected chi connectivity index (χ4v) is 2.09. The standard InChI is InChI=1S/C16H19ClO2/c1-3-7-18-14-6-5-12-11-16(19-8-4-2)15(17)10-13(12)9-14/h5-6,9-11H,3-4,7-8H2,1-2H3. The molecule has 0 saturated heterocycles. The molecule has 0 aliphatic carbocycles. The van der Waals surface area contributed by atoms with Gasteiger partial charge in [-0.25, -0.2) is 0 Å². The van der Waals surface area contributed by atoms with Crippen molar-refractivity contribution in [2.45, 2.75) is 26.7 Å². The molecule has 0 spiro atoms. The Hall–Kier alpha value is -1.41. The molecule has 19 heavy (non-hydrogen) atoms. The van der Waals surface area contributed by atoms with Gasteiger partial charge in [0.25, 0.3) is 0 Å². The van der Waals surface area contributed by atoms with E-state index in [1.54, 1.807) is 0 Å². The molecule has 0 unspecified atom stereocenters. The molecule has 0 heterocycles. The van der Waals surface area contributed by atoms with E-state index in [2.05, 4.69) is 13.8 Å². The fraction of sp³-hybridized carbons (Fsp3) is 0.375. The Bertz CT molecular complexity index is 552. The summed E-state index contributed by atoms with van der Waals surface area (Å²) in [6.45, 7) is 5.58. The molecule has 2 rings (SSSR count). The third-order valence-corrected chi connectivity index (χ3v) is 3.09. The van der Waals surface area contributed by atoms with Gasteiger partial charge in [0, 0.05) is 0 Å². The summed E-state index contributed by atoms with van der Waals surface area (Å²) in [4.78, 5) is 0. The minimum absolute atomic E-state index is 0.647. The first-order valence-electron chi connectivity index (χ1n) is 6.73. The van der Waals surface area contributed by atoms with E-state index >= 15 is 0 Å². The number of halogens is 1. The first kappa shape index (κ1) is 14.0. The molecule has 3 heteroatoms. The molecule has 0 saturated carbocycles. The van der Waals surface area contributed by atoms with Crippen LogP contribution in [0.3, 0.4) is 0 Å². The highest BCUT2D eigenvalue weighted by molar-refractivity contribution is 6.32. The lowest BCUT2D eigenvalue weighted by Crippen LogP contribution is -1.96. The second-order valence-electron chi connectivity index (χ2n) is 4.49. The summed E-state index contributed by atoms with van der Waals surface area (Å²) in [5, 5.41) is 2.83. The van der Waals surface area contributed by atoms with E-state index in [1.165, 1.54) is 0 Å². The maximum atomic E-state index is 6.23. The molecular formula is C16H19ClO2. The summed E-state index contributed by atoms with van der Waals surface area (Å²) >= 11 is 6.23. The van der Waals surface area contributed by atoms with Gasteiger partial charge in [-0.05, 0) is 47.9 Å². The Balaban J connectivity index is 2.29. The van der Waals surface area contributed by atoms with E-state index in [0.717, 1.165) is 41.7 Å². The summed E-state index contributed by atoms with van der Waals surface area (Å²) < 4.78 is 11.2. The normalized spacial score (nSPS) is 10.7. The number of fused-ring (bicyclic) bond motifs is 1. The predicted octanol–water partition coefficient (Wildman–Crippen LogP) is 5.07. The van der Waals surface area contributed by atoms with Gasteiger partial charge in [-0.15, -0.1) is 0 Å². The molecule has 102 valence electrons. The Morgan fingerprint density at radius 1 is 0.895 bits per heavy atom. The first-order chi connectivity index (χ1) is 9.24. The molecule has 0 aliphatic rings. The zero-order valence-electron chi connectivity index (χ0n) is 11.4. The molecule has 2 aromatic rings. The average Bonchev–Trinajstić information content (AvgIpc) is 2.42. The summed E-state index contributed by atoms with van der Waals surface area (Å²) in [7, 11) is 0. The monoisotopic (exact) mass is 278 g/mol. The van der Waals surface area contributed by atoms with Gasteiger partial charge in [-0.2, -0.15) is 0 Å². The molecule has 0 fully saturated rings. The highest BCUT2D eigenvalue weighted by atomic mass is 35.5. The Labute approximate surface area is 119 Å². The van der Waals surface area contributed by atoms with Crippen LogP contribution in [0.1, 0.15) is 26.7 Å². The molecule has 2 nitrogen and oxygen atoms in total. The van der Waals surface area contributed by atoms with Crippen LogP contribution in [0.5, 0.6) is 11.5 Å². The van der Waals surface area contributed by atoms with E-state index in [0.29, 0.717) is 11.6 Å². The van der Waals surface area contributed by atoms with Gasteiger partial charge in [0.1, 0.15) is 11.5 Å². The topological polar surface area (TPSA) is 18.5 Å². The predicted molar refractivity (Wildman–Crippen MR) is 80.5 cm³/mol. The molecule has 0 N–H and O–H groups in total. The minimum atomic E-state index is 0.647. The van der Waals surface area contributed by atoms with Crippen LogP contribution in [0, 0.1) is 0 Å². The van der Waals surface area contributed by atoms with Crippen molar-refractivity contribution in [3.63, 3.8) is 0 Å². The quantitative estimate of drug-likeness (QED) is 0.734. The van der Waals surface area contributed by atoms with Crippen LogP contribution in [0.15, 0.2) is 30.3 Å². The lowest BCUT2D eigenvalue weighted by atomic mass is 10.1. The highest BCUT2D eigenvalue weighted by Crippen LogP contribution is 2.32. The van der Waals surface area contributed by atoms with Crippen LogP contribution in [-0.4, -0.2) is 13.2 Å². The van der Waals surface area contributed by atoms with E-state index in [1.807, 2.05) is 30.3 Å². The van der Waals surface area contributed by atoms with Crippen molar-refractivity contribution in [1.82, 2.24) is 0 Å². The molecule has 0 aromatic heterocycles. The van der Waals surface area contributed by atoms with Crippen molar-refractivity contribution >= 4 is 22.4 Å². The molecule has 2 aromatic carbocycles. The number of hydrogen-bond acceptors (Lipinski definition) is 2. The van der Waals surface area contributed by atoms with Crippen LogP contribution in [-0.2, 0) is 0 Å². The lowest BCUT2D eigenvalue weighted by molar-refractivity contribution is 0.317. The van der Waals surface area contributed by atoms with Crippen LogP contribution >= 0.6 is 11.6 Å². The maximum absolute atomic E-state index is 6.23. The summed E-state index contributed by atoms with van der Waals surface area (Å²) in [6.07, 6.45) is 1.97. The van der Waals surface area contributed by atoms with Crippen molar-refractivity contribution in [2.75, 3.05) is 13.2 Å². The second kappa shape index (κ2) is 6.67. The summed E-state index contributed by atoms with van der Waals surface area (Å²) in [5.41, 5.74) is 0. The van der Waals surface area contributed by atoms with Gasteiger partial charge in [0.2, 0.25) is 0 Å². The number of rotatable bonds is 6. The summed E-state index contributed by atoms with van der Waals surface area (Å²) in [6, 6.07) is 9.95. The van der Waals surface area contributed by atoms with Crippen LogP contribution in [0.2, 0.25) is 5.02 Å². The van der Waals surface area contributed by atoms with Crippen molar-refractivity contribution in [3.05, 3.63) is 35.4 Å². The molecule has 0 radical (unpaired) electrons. The Morgan fingerprint density at radius 2 is 1.63 bits per heavy atom. The van der Waals surface area contributed by atoms with E-state index in [4.69, 9.17) is 21.1 Å². The molecule has 0 aliphatic heterocycles. The highest BCUT2D eigenvalue weighted by Gasteiger charge is 2.05. The minimum Gasteiger partial charge on any atom is -0.494 e. The smallest absolute Gasteiger partial charge is 0.138 e. The van der Waals surface area contributed by atoms with Crippen molar-refractivity contribution in [3.8, 4) is 11.5 Å². The molecular weight excluding hydrogens is 260 g/mol. The fourth-order valence-electron chi connectivity index (χ4n) is 1.86. The van der Waals surface area contributed by atoms with E-state index < -0.39 is 0 Å². The van der Waals surface area contributed by atoms with E-state index in [9.17, 15) is 0 Å². The second-order valence-corrected chi connectivity index (χ2v) is 4.90. The largest absolute Gasteiger partial charge is 0.494 e. The van der Waals surface area contributed by atoms with Crippen LogP contribution < -0.4 is 9.47 Å². The van der Waals surface area contributed by atoms with E-state index in [-0.39, 0.29) is 0 Å². The number of ether oxygens (including phenoxy) is 2. The van der Waals surface area contributed by atoms with Gasteiger partial charge in [0.05, 0.1) is 18.2 Å². The van der Waals surface area contributed by atoms with Crippen molar-refractivity contribution in [2.24, 2.45) is 0 Å². The zero-order chi connectivity index (χ0) is 13.7. The molecule has 0 amide bonds. The third kappa shape index (κ3) is 3.54. The summed E-state index contributed by atoms with van der Waals surface area (Å²) in [5.74, 6) is 1.63. The maximum Gasteiger partial charge on any atom is 0.138 e. The average molecular weight is 279 g/mol. The van der Waals surface area contributed by atoms with Crippen LogP contribution in [0.4, 0.5) is 0 Å². The SMILES string of the molecule is CCCOc1ccc2cc(OCCC)c(Cl)cc2c1. The van der Waals surface area contributed by atoms with Gasteiger partial charge in [-0.1, -0.05) is 31.5 Å². The lowest BCUT2D eigenvalue weighted by Gasteiger charge is -2.10. The molecule has 0 bridgehead atoms. The number of benzene rings is 2. The number of hydrogen-bond donors (Lipinski definition) is 0. The van der Waals surface area contributed by atoms with Gasteiger partial charge in [-0.3, -0.25) is 0 Å². The third-order valence-electron chi connectivity index (χ3n) is 2.80.